The van der Waals surface area contributed by atoms with Gasteiger partial charge in [-0.25, -0.2) is 0 Å². The van der Waals surface area contributed by atoms with Crippen molar-refractivity contribution in [3.05, 3.63) is 28.8 Å². The SMILES string of the molecule is CN(C(=O)c1cc(O)ccc1Cl)C1CCCCCC1. The molecule has 0 aliphatic heterocycles. The second kappa shape index (κ2) is 6.29. The second-order valence-electron chi connectivity index (χ2n) is 5.23. The van der Waals surface area contributed by atoms with Gasteiger partial charge in [-0.1, -0.05) is 37.3 Å². The average molecular weight is 282 g/mol. The molecule has 19 heavy (non-hydrogen) atoms. The first-order valence-corrected chi connectivity index (χ1v) is 7.23. The van der Waals surface area contributed by atoms with Crippen LogP contribution in [-0.4, -0.2) is 29.0 Å². The van der Waals surface area contributed by atoms with Crippen LogP contribution in [0.15, 0.2) is 18.2 Å². The Morgan fingerprint density at radius 1 is 1.26 bits per heavy atom. The zero-order valence-electron chi connectivity index (χ0n) is 11.2. The first kappa shape index (κ1) is 14.2. The van der Waals surface area contributed by atoms with Crippen LogP contribution in [0.5, 0.6) is 5.75 Å². The van der Waals surface area contributed by atoms with Crippen LogP contribution in [-0.2, 0) is 0 Å². The number of amides is 1. The molecule has 1 saturated carbocycles. The summed E-state index contributed by atoms with van der Waals surface area (Å²) >= 11 is 6.05. The van der Waals surface area contributed by atoms with E-state index in [0.717, 1.165) is 12.8 Å². The molecule has 1 aromatic rings. The maximum absolute atomic E-state index is 12.5. The van der Waals surface area contributed by atoms with Crippen molar-refractivity contribution in [1.29, 1.82) is 0 Å². The lowest BCUT2D eigenvalue weighted by atomic mass is 10.1. The van der Waals surface area contributed by atoms with E-state index in [0.29, 0.717) is 10.6 Å². The van der Waals surface area contributed by atoms with Crippen LogP contribution in [0.2, 0.25) is 5.02 Å². The topological polar surface area (TPSA) is 40.5 Å². The van der Waals surface area contributed by atoms with E-state index < -0.39 is 0 Å². The monoisotopic (exact) mass is 281 g/mol. The highest BCUT2D eigenvalue weighted by Crippen LogP contribution is 2.26. The van der Waals surface area contributed by atoms with Crippen LogP contribution in [0.25, 0.3) is 0 Å². The van der Waals surface area contributed by atoms with E-state index in [4.69, 9.17) is 11.6 Å². The molecule has 2 rings (SSSR count). The number of nitrogens with zero attached hydrogens (tertiary/aromatic N) is 1. The molecule has 1 fully saturated rings. The fraction of sp³-hybridized carbons (Fsp3) is 0.533. The highest BCUT2D eigenvalue weighted by molar-refractivity contribution is 6.33. The van der Waals surface area contributed by atoms with Crippen molar-refractivity contribution in [2.45, 2.75) is 44.6 Å². The number of carbonyl (C=O) groups excluding carboxylic acids is 1. The Kier molecular flexibility index (Phi) is 4.70. The van der Waals surface area contributed by atoms with Gasteiger partial charge in [0, 0.05) is 13.1 Å². The average Bonchev–Trinajstić information content (AvgIpc) is 2.69. The fourth-order valence-electron chi connectivity index (χ4n) is 2.68. The van der Waals surface area contributed by atoms with E-state index >= 15 is 0 Å². The lowest BCUT2D eigenvalue weighted by Crippen LogP contribution is -2.36. The molecule has 0 heterocycles. The quantitative estimate of drug-likeness (QED) is 0.837. The van der Waals surface area contributed by atoms with E-state index in [1.165, 1.54) is 37.8 Å². The van der Waals surface area contributed by atoms with Gasteiger partial charge < -0.3 is 10.0 Å². The summed E-state index contributed by atoms with van der Waals surface area (Å²) in [5, 5.41) is 9.89. The fourth-order valence-corrected chi connectivity index (χ4v) is 2.88. The Morgan fingerprint density at radius 3 is 2.53 bits per heavy atom. The number of halogens is 1. The molecule has 0 radical (unpaired) electrons. The Labute approximate surface area is 119 Å². The second-order valence-corrected chi connectivity index (χ2v) is 5.63. The van der Waals surface area contributed by atoms with Crippen LogP contribution in [0.3, 0.4) is 0 Å². The Bertz CT molecular complexity index is 453. The molecule has 1 aromatic carbocycles. The van der Waals surface area contributed by atoms with Gasteiger partial charge in [-0.05, 0) is 31.0 Å². The highest BCUT2D eigenvalue weighted by Gasteiger charge is 2.23. The van der Waals surface area contributed by atoms with E-state index in [1.807, 2.05) is 7.05 Å². The van der Waals surface area contributed by atoms with Crippen molar-refractivity contribution in [3.8, 4) is 5.75 Å². The molecule has 0 spiro atoms. The summed E-state index contributed by atoms with van der Waals surface area (Å²) < 4.78 is 0. The summed E-state index contributed by atoms with van der Waals surface area (Å²) in [6, 6.07) is 4.78. The molecule has 1 aliphatic rings. The third-order valence-corrected chi connectivity index (χ3v) is 4.20. The molecule has 4 heteroatoms. The number of hydrogen-bond acceptors (Lipinski definition) is 2. The van der Waals surface area contributed by atoms with Crippen LogP contribution in [0.1, 0.15) is 48.9 Å². The van der Waals surface area contributed by atoms with Crippen LogP contribution in [0, 0.1) is 0 Å². The zero-order chi connectivity index (χ0) is 13.8. The molecule has 1 aliphatic carbocycles. The van der Waals surface area contributed by atoms with Gasteiger partial charge in [0.15, 0.2) is 0 Å². The summed E-state index contributed by atoms with van der Waals surface area (Å²) in [5.41, 5.74) is 0.383. The summed E-state index contributed by atoms with van der Waals surface area (Å²) in [4.78, 5) is 14.2. The third kappa shape index (κ3) is 3.41. The van der Waals surface area contributed by atoms with Crippen molar-refractivity contribution in [3.63, 3.8) is 0 Å². The van der Waals surface area contributed by atoms with Gasteiger partial charge in [-0.2, -0.15) is 0 Å². The number of carbonyl (C=O) groups is 1. The third-order valence-electron chi connectivity index (χ3n) is 3.87. The molecule has 3 nitrogen and oxygen atoms in total. The molecule has 0 aromatic heterocycles. The minimum Gasteiger partial charge on any atom is -0.508 e. The Hall–Kier alpha value is -1.22. The van der Waals surface area contributed by atoms with Gasteiger partial charge in [-0.3, -0.25) is 4.79 Å². The van der Waals surface area contributed by atoms with Gasteiger partial charge >= 0.3 is 0 Å². The number of aromatic hydroxyl groups is 1. The van der Waals surface area contributed by atoms with Crippen molar-refractivity contribution in [1.82, 2.24) is 4.90 Å². The molecule has 0 saturated heterocycles. The molecular weight excluding hydrogens is 262 g/mol. The van der Waals surface area contributed by atoms with Gasteiger partial charge in [0.05, 0.1) is 10.6 Å². The molecular formula is C15H20ClNO2. The largest absolute Gasteiger partial charge is 0.508 e. The van der Waals surface area contributed by atoms with Gasteiger partial charge in [0.25, 0.3) is 5.91 Å². The molecule has 1 N–H and O–H groups in total. The van der Waals surface area contributed by atoms with E-state index in [2.05, 4.69) is 0 Å². The lowest BCUT2D eigenvalue weighted by molar-refractivity contribution is 0.0717. The summed E-state index contributed by atoms with van der Waals surface area (Å²) in [6.45, 7) is 0. The molecule has 0 unspecified atom stereocenters. The van der Waals surface area contributed by atoms with Crippen molar-refractivity contribution < 1.29 is 9.90 Å². The molecule has 0 atom stereocenters. The number of benzene rings is 1. The minimum absolute atomic E-state index is 0.0713. The summed E-state index contributed by atoms with van der Waals surface area (Å²) in [6.07, 6.45) is 6.97. The van der Waals surface area contributed by atoms with E-state index in [9.17, 15) is 9.90 Å². The van der Waals surface area contributed by atoms with Gasteiger partial charge in [-0.15, -0.1) is 0 Å². The van der Waals surface area contributed by atoms with Crippen LogP contribution < -0.4 is 0 Å². The predicted octanol–water partition coefficient (Wildman–Crippen LogP) is 3.84. The standard InChI is InChI=1S/C15H20ClNO2/c1-17(11-6-4-2-3-5-7-11)15(19)13-10-12(18)8-9-14(13)16/h8-11,18H,2-7H2,1H3. The number of rotatable bonds is 2. The number of phenolic OH excluding ortho intramolecular Hbond substituents is 1. The first-order chi connectivity index (χ1) is 9.09. The summed E-state index contributed by atoms with van der Waals surface area (Å²) in [7, 11) is 1.83. The molecule has 0 bridgehead atoms. The van der Waals surface area contributed by atoms with Gasteiger partial charge in [0.1, 0.15) is 5.75 Å². The zero-order valence-corrected chi connectivity index (χ0v) is 12.0. The normalized spacial score (nSPS) is 16.9. The van der Waals surface area contributed by atoms with Crippen LogP contribution in [0.4, 0.5) is 0 Å². The highest BCUT2D eigenvalue weighted by atomic mass is 35.5. The Morgan fingerprint density at radius 2 is 1.89 bits per heavy atom. The van der Waals surface area contributed by atoms with E-state index in [1.54, 1.807) is 11.0 Å². The Balaban J connectivity index is 2.15. The summed E-state index contributed by atoms with van der Waals surface area (Å²) in [5.74, 6) is -0.0326. The maximum atomic E-state index is 12.5. The molecule has 1 amide bonds. The molecule has 104 valence electrons. The lowest BCUT2D eigenvalue weighted by Gasteiger charge is -2.27. The van der Waals surface area contributed by atoms with Crippen molar-refractivity contribution >= 4 is 17.5 Å². The van der Waals surface area contributed by atoms with Crippen molar-refractivity contribution in [2.75, 3.05) is 7.05 Å². The van der Waals surface area contributed by atoms with Crippen molar-refractivity contribution in [2.24, 2.45) is 0 Å². The number of hydrogen-bond donors (Lipinski definition) is 1. The van der Waals surface area contributed by atoms with Crippen LogP contribution >= 0.6 is 11.6 Å². The number of phenols is 1. The van der Waals surface area contributed by atoms with E-state index in [-0.39, 0.29) is 17.7 Å². The first-order valence-electron chi connectivity index (χ1n) is 6.85. The minimum atomic E-state index is -0.104. The smallest absolute Gasteiger partial charge is 0.255 e. The predicted molar refractivity (Wildman–Crippen MR) is 76.7 cm³/mol. The van der Waals surface area contributed by atoms with Gasteiger partial charge in [0.2, 0.25) is 0 Å². The maximum Gasteiger partial charge on any atom is 0.255 e.